The molecule has 0 aliphatic heterocycles. The Balaban J connectivity index is 2.64. The van der Waals surface area contributed by atoms with Crippen molar-refractivity contribution in [2.45, 2.75) is 0 Å². The molecular weight excluding hydrogens is 180 g/mol. The molecule has 0 fully saturated rings. The van der Waals surface area contributed by atoms with Crippen LogP contribution in [0.1, 0.15) is 0 Å². The Morgan fingerprint density at radius 1 is 1.33 bits per heavy atom. The SMILES string of the molecule is COC(=O)Oc1ccc(Cl)cc1. The van der Waals surface area contributed by atoms with Gasteiger partial charge in [0.05, 0.1) is 7.11 Å². The molecule has 0 unspecified atom stereocenters. The maximum atomic E-state index is 10.6. The van der Waals surface area contributed by atoms with E-state index in [1.807, 2.05) is 0 Å². The maximum absolute atomic E-state index is 10.6. The Morgan fingerprint density at radius 2 is 1.92 bits per heavy atom. The van der Waals surface area contributed by atoms with Crippen LogP contribution in [0, 0.1) is 0 Å². The van der Waals surface area contributed by atoms with Crippen LogP contribution in [0.15, 0.2) is 24.3 Å². The molecule has 0 aliphatic carbocycles. The van der Waals surface area contributed by atoms with Gasteiger partial charge >= 0.3 is 6.16 Å². The second-order valence-electron chi connectivity index (χ2n) is 2.01. The van der Waals surface area contributed by atoms with E-state index in [1.165, 1.54) is 7.11 Å². The van der Waals surface area contributed by atoms with Gasteiger partial charge in [-0.1, -0.05) is 11.6 Å². The highest BCUT2D eigenvalue weighted by Gasteiger charge is 2.01. The van der Waals surface area contributed by atoms with Crippen molar-refractivity contribution >= 4 is 17.8 Å². The zero-order valence-electron chi connectivity index (χ0n) is 6.41. The zero-order valence-corrected chi connectivity index (χ0v) is 7.17. The first-order chi connectivity index (χ1) is 5.72. The molecule has 1 aromatic rings. The van der Waals surface area contributed by atoms with Gasteiger partial charge in [-0.25, -0.2) is 4.79 Å². The average molecular weight is 187 g/mol. The molecule has 1 aromatic carbocycles. The molecule has 12 heavy (non-hydrogen) atoms. The van der Waals surface area contributed by atoms with E-state index < -0.39 is 6.16 Å². The quantitative estimate of drug-likeness (QED) is 0.499. The number of carbonyl (C=O) groups is 1. The number of ether oxygens (including phenoxy) is 2. The summed E-state index contributed by atoms with van der Waals surface area (Å²) in [5.74, 6) is 0.409. The van der Waals surface area contributed by atoms with Crippen LogP contribution in [0.3, 0.4) is 0 Å². The van der Waals surface area contributed by atoms with Gasteiger partial charge in [0.15, 0.2) is 0 Å². The number of hydrogen-bond donors (Lipinski definition) is 0. The zero-order chi connectivity index (χ0) is 8.97. The lowest BCUT2D eigenvalue weighted by atomic mass is 10.3. The van der Waals surface area contributed by atoms with Crippen molar-refractivity contribution in [3.8, 4) is 5.75 Å². The molecule has 0 saturated carbocycles. The molecule has 0 bridgehead atoms. The Morgan fingerprint density at radius 3 is 2.42 bits per heavy atom. The molecule has 0 aromatic heterocycles. The highest BCUT2D eigenvalue weighted by Crippen LogP contribution is 2.15. The van der Waals surface area contributed by atoms with Crippen molar-refractivity contribution in [2.75, 3.05) is 7.11 Å². The third-order valence-corrected chi connectivity index (χ3v) is 1.43. The minimum atomic E-state index is -0.739. The molecule has 0 amide bonds. The summed E-state index contributed by atoms with van der Waals surface area (Å²) in [4.78, 5) is 10.6. The summed E-state index contributed by atoms with van der Waals surface area (Å²) in [6.45, 7) is 0. The third kappa shape index (κ3) is 2.43. The standard InChI is InChI=1S/C8H7ClO3/c1-11-8(10)12-7-4-2-6(9)3-5-7/h2-5H,1H3. The van der Waals surface area contributed by atoms with Crippen LogP contribution in [0.2, 0.25) is 5.02 Å². The van der Waals surface area contributed by atoms with Crippen LogP contribution >= 0.6 is 11.6 Å². The monoisotopic (exact) mass is 186 g/mol. The average Bonchev–Trinajstić information content (AvgIpc) is 2.09. The fourth-order valence-corrected chi connectivity index (χ4v) is 0.767. The molecule has 0 atom stereocenters. The van der Waals surface area contributed by atoms with Crippen molar-refractivity contribution in [2.24, 2.45) is 0 Å². The van der Waals surface area contributed by atoms with Gasteiger partial charge in [-0.3, -0.25) is 0 Å². The van der Waals surface area contributed by atoms with E-state index in [-0.39, 0.29) is 0 Å². The number of methoxy groups -OCH3 is 1. The first-order valence-electron chi connectivity index (χ1n) is 3.24. The molecule has 4 heteroatoms. The van der Waals surface area contributed by atoms with E-state index in [1.54, 1.807) is 24.3 Å². The highest BCUT2D eigenvalue weighted by atomic mass is 35.5. The van der Waals surface area contributed by atoms with Crippen LogP contribution < -0.4 is 4.74 Å². The fraction of sp³-hybridized carbons (Fsp3) is 0.125. The van der Waals surface area contributed by atoms with E-state index in [4.69, 9.17) is 16.3 Å². The third-order valence-electron chi connectivity index (χ3n) is 1.18. The Bertz CT molecular complexity index is 268. The predicted octanol–water partition coefficient (Wildman–Crippen LogP) is 2.49. The molecular formula is C8H7ClO3. The van der Waals surface area contributed by atoms with E-state index in [0.29, 0.717) is 10.8 Å². The number of benzene rings is 1. The highest BCUT2D eigenvalue weighted by molar-refractivity contribution is 6.30. The van der Waals surface area contributed by atoms with Gasteiger partial charge in [0.25, 0.3) is 0 Å². The van der Waals surface area contributed by atoms with Crippen LogP contribution in [0.5, 0.6) is 5.75 Å². The lowest BCUT2D eigenvalue weighted by molar-refractivity contribution is 0.121. The number of hydrogen-bond acceptors (Lipinski definition) is 3. The van der Waals surface area contributed by atoms with Gasteiger partial charge in [0, 0.05) is 5.02 Å². The summed E-state index contributed by atoms with van der Waals surface area (Å²) in [6, 6.07) is 6.41. The molecule has 0 heterocycles. The van der Waals surface area contributed by atoms with E-state index >= 15 is 0 Å². The molecule has 0 spiro atoms. The van der Waals surface area contributed by atoms with Crippen LogP contribution in [-0.2, 0) is 4.74 Å². The molecule has 0 saturated heterocycles. The number of rotatable bonds is 1. The van der Waals surface area contributed by atoms with Gasteiger partial charge in [-0.05, 0) is 24.3 Å². The molecule has 64 valence electrons. The van der Waals surface area contributed by atoms with Gasteiger partial charge < -0.3 is 9.47 Å². The summed E-state index contributed by atoms with van der Waals surface area (Å²) in [7, 11) is 1.25. The summed E-state index contributed by atoms with van der Waals surface area (Å²) in [5, 5.41) is 0.590. The van der Waals surface area contributed by atoms with Crippen molar-refractivity contribution < 1.29 is 14.3 Å². The second kappa shape index (κ2) is 3.97. The van der Waals surface area contributed by atoms with E-state index in [0.717, 1.165) is 0 Å². The maximum Gasteiger partial charge on any atom is 0.513 e. The van der Waals surface area contributed by atoms with Crippen molar-refractivity contribution in [3.05, 3.63) is 29.3 Å². The van der Waals surface area contributed by atoms with Gasteiger partial charge in [0.2, 0.25) is 0 Å². The Hall–Kier alpha value is -1.22. The molecule has 0 radical (unpaired) electrons. The first-order valence-corrected chi connectivity index (χ1v) is 3.61. The molecule has 1 rings (SSSR count). The lowest BCUT2D eigenvalue weighted by Gasteiger charge is -2.00. The normalized spacial score (nSPS) is 9.17. The molecule has 0 N–H and O–H groups in total. The van der Waals surface area contributed by atoms with Gasteiger partial charge in [-0.15, -0.1) is 0 Å². The topological polar surface area (TPSA) is 35.5 Å². The van der Waals surface area contributed by atoms with Crippen LogP contribution in [0.25, 0.3) is 0 Å². The Kier molecular flexibility index (Phi) is 2.94. The summed E-state index contributed by atoms with van der Waals surface area (Å²) >= 11 is 5.61. The minimum Gasteiger partial charge on any atom is -0.437 e. The molecule has 0 aliphatic rings. The van der Waals surface area contributed by atoms with Gasteiger partial charge in [0.1, 0.15) is 5.75 Å². The summed E-state index contributed by atoms with van der Waals surface area (Å²) in [5.41, 5.74) is 0. The summed E-state index contributed by atoms with van der Waals surface area (Å²) in [6.07, 6.45) is -0.739. The smallest absolute Gasteiger partial charge is 0.437 e. The summed E-state index contributed by atoms with van der Waals surface area (Å²) < 4.78 is 8.99. The first kappa shape index (κ1) is 8.87. The largest absolute Gasteiger partial charge is 0.513 e. The lowest BCUT2D eigenvalue weighted by Crippen LogP contribution is -2.06. The van der Waals surface area contributed by atoms with Crippen molar-refractivity contribution in [1.29, 1.82) is 0 Å². The van der Waals surface area contributed by atoms with E-state index in [2.05, 4.69) is 4.74 Å². The predicted molar refractivity (Wildman–Crippen MR) is 44.5 cm³/mol. The van der Waals surface area contributed by atoms with Crippen LogP contribution in [-0.4, -0.2) is 13.3 Å². The number of carbonyl (C=O) groups excluding carboxylic acids is 1. The van der Waals surface area contributed by atoms with E-state index in [9.17, 15) is 4.79 Å². The fourth-order valence-electron chi connectivity index (χ4n) is 0.641. The van der Waals surface area contributed by atoms with Crippen LogP contribution in [0.4, 0.5) is 4.79 Å². The Labute approximate surface area is 74.9 Å². The van der Waals surface area contributed by atoms with Crippen molar-refractivity contribution in [1.82, 2.24) is 0 Å². The van der Waals surface area contributed by atoms with Gasteiger partial charge in [-0.2, -0.15) is 0 Å². The molecule has 3 nitrogen and oxygen atoms in total. The minimum absolute atomic E-state index is 0.409. The second-order valence-corrected chi connectivity index (χ2v) is 2.45. The van der Waals surface area contributed by atoms with Crippen molar-refractivity contribution in [3.63, 3.8) is 0 Å². The number of halogens is 1.